The van der Waals surface area contributed by atoms with Crippen LogP contribution in [0.4, 0.5) is 10.5 Å². The van der Waals surface area contributed by atoms with Crippen LogP contribution >= 0.6 is 0 Å². The zero-order valence-corrected chi connectivity index (χ0v) is 29.0. The summed E-state index contributed by atoms with van der Waals surface area (Å²) in [6.07, 6.45) is 5.71. The summed E-state index contributed by atoms with van der Waals surface area (Å²) in [5, 5.41) is 6.33. The van der Waals surface area contributed by atoms with Crippen molar-refractivity contribution in [1.29, 1.82) is 0 Å². The van der Waals surface area contributed by atoms with Crippen LogP contribution in [0.15, 0.2) is 151 Å². The van der Waals surface area contributed by atoms with Gasteiger partial charge in [0.05, 0.1) is 17.4 Å². The van der Waals surface area contributed by atoms with Gasteiger partial charge >= 0.3 is 6.09 Å². The fourth-order valence-corrected chi connectivity index (χ4v) is 6.17. The van der Waals surface area contributed by atoms with E-state index in [1.54, 1.807) is 6.20 Å². The maximum Gasteiger partial charge on any atom is 0.408 e. The summed E-state index contributed by atoms with van der Waals surface area (Å²) in [6.45, 7) is 5.77. The number of aliphatic imine (C=N–C) groups is 1. The van der Waals surface area contributed by atoms with Crippen LogP contribution in [-0.4, -0.2) is 40.0 Å². The Bertz CT molecular complexity index is 2270. The minimum atomic E-state index is -0.636. The fraction of sp³-hybridized carbons (Fsp3) is 0.159. The van der Waals surface area contributed by atoms with Crippen LogP contribution in [-0.2, 0) is 11.2 Å². The summed E-state index contributed by atoms with van der Waals surface area (Å²) in [7, 11) is 0. The maximum absolute atomic E-state index is 13.0. The van der Waals surface area contributed by atoms with Gasteiger partial charge < -0.3 is 19.8 Å². The van der Waals surface area contributed by atoms with Crippen molar-refractivity contribution in [2.45, 2.75) is 38.8 Å². The molecule has 0 aliphatic rings. The number of aromatic amines is 1. The SMILES string of the molecule is CC(C)(C)OC(=O)N[C@H](COc1cc(N=C(c2ccccc2)c2ccccc2)cc(-c2ccc3cnccc3c2)c1)Cc1c[nH]c2ccccc12. The number of hydrogen-bond donors (Lipinski definition) is 2. The third kappa shape index (κ3) is 8.33. The van der Waals surface area contributed by atoms with Gasteiger partial charge in [-0.25, -0.2) is 9.79 Å². The normalized spacial score (nSPS) is 12.0. The smallest absolute Gasteiger partial charge is 0.408 e. The molecule has 0 aliphatic heterocycles. The van der Waals surface area contributed by atoms with Gasteiger partial charge in [-0.15, -0.1) is 0 Å². The van der Waals surface area contributed by atoms with E-state index in [0.29, 0.717) is 12.2 Å². The van der Waals surface area contributed by atoms with Gasteiger partial charge in [-0.3, -0.25) is 4.98 Å². The molecule has 1 atom stereocenters. The molecule has 2 N–H and O–H groups in total. The van der Waals surface area contributed by atoms with Gasteiger partial charge in [-0.1, -0.05) is 91.0 Å². The first-order chi connectivity index (χ1) is 24.8. The Labute approximate surface area is 298 Å². The van der Waals surface area contributed by atoms with Crippen molar-refractivity contribution in [2.24, 2.45) is 4.99 Å². The van der Waals surface area contributed by atoms with Crippen molar-refractivity contribution in [3.05, 3.63) is 163 Å². The fourth-order valence-electron chi connectivity index (χ4n) is 6.17. The number of fused-ring (bicyclic) bond motifs is 2. The molecule has 0 aliphatic carbocycles. The molecule has 0 bridgehead atoms. The first-order valence-corrected chi connectivity index (χ1v) is 17.1. The second-order valence-electron chi connectivity index (χ2n) is 13.6. The molecule has 0 radical (unpaired) electrons. The number of H-pyrrole nitrogens is 1. The van der Waals surface area contributed by atoms with Gasteiger partial charge in [0, 0.05) is 52.1 Å². The second-order valence-corrected chi connectivity index (χ2v) is 13.6. The largest absolute Gasteiger partial charge is 0.491 e. The third-order valence-electron chi connectivity index (χ3n) is 8.51. The molecular weight excluding hydrogens is 633 g/mol. The number of nitrogens with zero attached hydrogens (tertiary/aromatic N) is 2. The lowest BCUT2D eigenvalue weighted by atomic mass is 10.0. The topological polar surface area (TPSA) is 88.6 Å². The van der Waals surface area contributed by atoms with Gasteiger partial charge in [0.1, 0.15) is 18.0 Å². The van der Waals surface area contributed by atoms with Gasteiger partial charge in [-0.05, 0) is 79.6 Å². The van der Waals surface area contributed by atoms with Gasteiger partial charge in [0.2, 0.25) is 0 Å². The molecule has 254 valence electrons. The lowest BCUT2D eigenvalue weighted by Gasteiger charge is -2.24. The van der Waals surface area contributed by atoms with Crippen molar-refractivity contribution in [3.63, 3.8) is 0 Å². The van der Waals surface area contributed by atoms with E-state index in [1.165, 1.54) is 0 Å². The number of aromatic nitrogens is 2. The number of benzene rings is 5. The molecule has 7 nitrogen and oxygen atoms in total. The average molecular weight is 673 g/mol. The van der Waals surface area contributed by atoms with E-state index in [-0.39, 0.29) is 12.6 Å². The van der Waals surface area contributed by atoms with Crippen LogP contribution in [0.1, 0.15) is 37.5 Å². The highest BCUT2D eigenvalue weighted by atomic mass is 16.6. The van der Waals surface area contributed by atoms with Crippen molar-refractivity contribution in [3.8, 4) is 16.9 Å². The minimum Gasteiger partial charge on any atom is -0.491 e. The molecule has 2 aromatic heterocycles. The summed E-state index contributed by atoms with van der Waals surface area (Å²) in [4.78, 5) is 25.9. The highest BCUT2D eigenvalue weighted by Gasteiger charge is 2.22. The average Bonchev–Trinajstić information content (AvgIpc) is 3.55. The standard InChI is InChI=1S/C44H40N4O3/c1-44(2,3)51-43(49)48-38(24-36-28-46-41-17-11-10-16-40(36)41)29-50-39-25-35(32-18-19-34-27-45-21-20-33(34)22-32)23-37(26-39)47-42(30-12-6-4-7-13-30)31-14-8-5-9-15-31/h4-23,25-28,38,46H,24,29H2,1-3H3,(H,48,49)/t38-/m0/s1. The van der Waals surface area contributed by atoms with Gasteiger partial charge in [0.15, 0.2) is 0 Å². The number of ether oxygens (including phenoxy) is 2. The van der Waals surface area contributed by atoms with E-state index in [1.807, 2.05) is 106 Å². The number of alkyl carbamates (subject to hydrolysis) is 1. The molecule has 5 aromatic carbocycles. The number of para-hydroxylation sites is 1. The lowest BCUT2D eigenvalue weighted by molar-refractivity contribution is 0.0488. The molecule has 7 rings (SSSR count). The van der Waals surface area contributed by atoms with E-state index in [2.05, 4.69) is 69.9 Å². The molecule has 0 spiro atoms. The van der Waals surface area contributed by atoms with E-state index in [9.17, 15) is 4.79 Å². The van der Waals surface area contributed by atoms with Gasteiger partial charge in [0.25, 0.3) is 0 Å². The summed E-state index contributed by atoms with van der Waals surface area (Å²) in [5.41, 5.74) is 7.08. The zero-order valence-electron chi connectivity index (χ0n) is 29.0. The molecule has 7 heteroatoms. The number of hydrogen-bond acceptors (Lipinski definition) is 5. The molecule has 51 heavy (non-hydrogen) atoms. The number of pyridine rings is 1. The maximum atomic E-state index is 13.0. The van der Waals surface area contributed by atoms with Crippen LogP contribution in [0.3, 0.4) is 0 Å². The summed E-state index contributed by atoms with van der Waals surface area (Å²) >= 11 is 0. The summed E-state index contributed by atoms with van der Waals surface area (Å²) in [6, 6.07) is 42.6. The van der Waals surface area contributed by atoms with E-state index < -0.39 is 11.7 Å². The van der Waals surface area contributed by atoms with Crippen LogP contribution in [0, 0.1) is 0 Å². The Kier molecular flexibility index (Phi) is 9.61. The Hall–Kier alpha value is -6.21. The van der Waals surface area contributed by atoms with Crippen molar-refractivity contribution >= 4 is 39.2 Å². The molecule has 2 heterocycles. The highest BCUT2D eigenvalue weighted by Crippen LogP contribution is 2.33. The lowest BCUT2D eigenvalue weighted by Crippen LogP contribution is -2.43. The number of carbonyl (C=O) groups excluding carboxylic acids is 1. The van der Waals surface area contributed by atoms with Crippen molar-refractivity contribution in [1.82, 2.24) is 15.3 Å². The molecular formula is C44H40N4O3. The van der Waals surface area contributed by atoms with Crippen molar-refractivity contribution < 1.29 is 14.3 Å². The number of carbonyl (C=O) groups is 1. The Balaban J connectivity index is 1.27. The van der Waals surface area contributed by atoms with Crippen LogP contribution in [0.2, 0.25) is 0 Å². The predicted molar refractivity (Wildman–Crippen MR) is 206 cm³/mol. The van der Waals surface area contributed by atoms with Crippen LogP contribution in [0.5, 0.6) is 5.75 Å². The highest BCUT2D eigenvalue weighted by molar-refractivity contribution is 6.14. The van der Waals surface area contributed by atoms with Crippen molar-refractivity contribution in [2.75, 3.05) is 6.61 Å². The van der Waals surface area contributed by atoms with E-state index in [0.717, 1.165) is 60.9 Å². The molecule has 7 aromatic rings. The zero-order chi connectivity index (χ0) is 35.2. The quantitative estimate of drug-likeness (QED) is 0.142. The van der Waals surface area contributed by atoms with E-state index >= 15 is 0 Å². The number of nitrogens with one attached hydrogen (secondary N) is 2. The van der Waals surface area contributed by atoms with E-state index in [4.69, 9.17) is 14.5 Å². The Morgan fingerprint density at radius 2 is 1.53 bits per heavy atom. The summed E-state index contributed by atoms with van der Waals surface area (Å²) in [5.74, 6) is 0.636. The van der Waals surface area contributed by atoms with Crippen LogP contribution < -0.4 is 10.1 Å². The molecule has 0 saturated heterocycles. The Morgan fingerprint density at radius 1 is 0.804 bits per heavy atom. The molecule has 1 amide bonds. The number of amides is 1. The first kappa shape index (κ1) is 33.3. The predicted octanol–water partition coefficient (Wildman–Crippen LogP) is 10.1. The molecule has 0 saturated carbocycles. The minimum absolute atomic E-state index is 0.207. The Morgan fingerprint density at radius 3 is 2.27 bits per heavy atom. The monoisotopic (exact) mass is 672 g/mol. The molecule has 0 unspecified atom stereocenters. The molecule has 0 fully saturated rings. The second kappa shape index (κ2) is 14.7. The van der Waals surface area contributed by atoms with Gasteiger partial charge in [-0.2, -0.15) is 0 Å². The summed E-state index contributed by atoms with van der Waals surface area (Å²) < 4.78 is 12.2. The van der Waals surface area contributed by atoms with Crippen LogP contribution in [0.25, 0.3) is 32.8 Å². The first-order valence-electron chi connectivity index (χ1n) is 17.1. The third-order valence-corrected chi connectivity index (χ3v) is 8.51. The number of rotatable bonds is 10.